The molecule has 0 aliphatic heterocycles. The minimum absolute atomic E-state index is 0.213. The van der Waals surface area contributed by atoms with E-state index in [-0.39, 0.29) is 5.91 Å². The summed E-state index contributed by atoms with van der Waals surface area (Å²) in [5.74, 6) is 0.939. The van der Waals surface area contributed by atoms with Crippen LogP contribution in [-0.2, 0) is 4.79 Å². The molecule has 0 saturated heterocycles. The van der Waals surface area contributed by atoms with E-state index in [0.717, 1.165) is 5.92 Å². The summed E-state index contributed by atoms with van der Waals surface area (Å²) in [6, 6.07) is 0.464. The highest BCUT2D eigenvalue weighted by Crippen LogP contribution is 2.26. The van der Waals surface area contributed by atoms with Gasteiger partial charge in [0.25, 0.3) is 0 Å². The predicted molar refractivity (Wildman–Crippen MR) is 54.5 cm³/mol. The van der Waals surface area contributed by atoms with Gasteiger partial charge in [-0.3, -0.25) is 4.79 Å². The standard InChI is InChI=1S/C11H21NO/c1-3-9-7-5-6-8-10(9)12-11(13)4-2/h9-10H,3-8H2,1-2H3,(H,12,13). The lowest BCUT2D eigenvalue weighted by atomic mass is 9.83. The van der Waals surface area contributed by atoms with E-state index in [1.165, 1.54) is 32.1 Å². The van der Waals surface area contributed by atoms with Gasteiger partial charge in [0.05, 0.1) is 0 Å². The molecule has 0 spiro atoms. The van der Waals surface area contributed by atoms with Crippen LogP contribution in [0.4, 0.5) is 0 Å². The van der Waals surface area contributed by atoms with E-state index in [2.05, 4.69) is 12.2 Å². The molecule has 2 atom stereocenters. The summed E-state index contributed by atoms with van der Waals surface area (Å²) in [5, 5.41) is 3.13. The van der Waals surface area contributed by atoms with Gasteiger partial charge in [-0.1, -0.05) is 33.1 Å². The Balaban J connectivity index is 2.40. The molecule has 0 aromatic carbocycles. The zero-order chi connectivity index (χ0) is 9.68. The first-order valence-electron chi connectivity index (χ1n) is 5.57. The Morgan fingerprint density at radius 1 is 1.31 bits per heavy atom. The Labute approximate surface area is 81.1 Å². The lowest BCUT2D eigenvalue weighted by Crippen LogP contribution is -2.41. The van der Waals surface area contributed by atoms with Crippen LogP contribution in [-0.4, -0.2) is 11.9 Å². The van der Waals surface area contributed by atoms with Gasteiger partial charge in [0, 0.05) is 12.5 Å². The number of amides is 1. The van der Waals surface area contributed by atoms with Crippen molar-refractivity contribution >= 4 is 5.91 Å². The molecule has 1 rings (SSSR count). The van der Waals surface area contributed by atoms with Crippen LogP contribution in [0.1, 0.15) is 52.4 Å². The van der Waals surface area contributed by atoms with Crippen molar-refractivity contribution < 1.29 is 4.79 Å². The molecule has 0 heterocycles. The third-order valence-corrected chi connectivity index (χ3v) is 3.10. The van der Waals surface area contributed by atoms with Gasteiger partial charge in [-0.2, -0.15) is 0 Å². The molecule has 0 aromatic heterocycles. The summed E-state index contributed by atoms with van der Waals surface area (Å²) in [6.07, 6.45) is 6.93. The predicted octanol–water partition coefficient (Wildman–Crippen LogP) is 2.48. The third kappa shape index (κ3) is 3.02. The average molecular weight is 183 g/mol. The Bertz CT molecular complexity index is 167. The van der Waals surface area contributed by atoms with E-state index in [0.29, 0.717) is 12.5 Å². The Morgan fingerprint density at radius 3 is 2.62 bits per heavy atom. The molecule has 0 radical (unpaired) electrons. The molecule has 2 heteroatoms. The van der Waals surface area contributed by atoms with Crippen molar-refractivity contribution in [3.8, 4) is 0 Å². The molecule has 13 heavy (non-hydrogen) atoms. The summed E-state index contributed by atoms with van der Waals surface area (Å²) >= 11 is 0. The second kappa shape index (κ2) is 5.25. The fraction of sp³-hybridized carbons (Fsp3) is 0.909. The van der Waals surface area contributed by atoms with E-state index < -0.39 is 0 Å². The van der Waals surface area contributed by atoms with Gasteiger partial charge in [-0.25, -0.2) is 0 Å². The number of rotatable bonds is 3. The molecule has 1 amide bonds. The summed E-state index contributed by atoms with van der Waals surface area (Å²) in [4.78, 5) is 11.2. The van der Waals surface area contributed by atoms with Gasteiger partial charge >= 0.3 is 0 Å². The third-order valence-electron chi connectivity index (χ3n) is 3.10. The second-order valence-electron chi connectivity index (χ2n) is 3.98. The first-order valence-corrected chi connectivity index (χ1v) is 5.57. The highest BCUT2D eigenvalue weighted by molar-refractivity contribution is 5.75. The lowest BCUT2D eigenvalue weighted by Gasteiger charge is -2.31. The van der Waals surface area contributed by atoms with E-state index in [4.69, 9.17) is 0 Å². The minimum Gasteiger partial charge on any atom is -0.353 e. The van der Waals surface area contributed by atoms with Crippen molar-refractivity contribution in [2.24, 2.45) is 5.92 Å². The fourth-order valence-electron chi connectivity index (χ4n) is 2.20. The molecule has 0 bridgehead atoms. The van der Waals surface area contributed by atoms with E-state index in [9.17, 15) is 4.79 Å². The van der Waals surface area contributed by atoms with Crippen molar-refractivity contribution in [3.05, 3.63) is 0 Å². The van der Waals surface area contributed by atoms with E-state index in [1.807, 2.05) is 6.92 Å². The molecule has 1 aliphatic rings. The van der Waals surface area contributed by atoms with Crippen molar-refractivity contribution in [1.29, 1.82) is 0 Å². The zero-order valence-electron chi connectivity index (χ0n) is 8.81. The molecule has 1 saturated carbocycles. The Kier molecular flexibility index (Phi) is 4.26. The molecule has 0 aromatic rings. The highest BCUT2D eigenvalue weighted by Gasteiger charge is 2.24. The van der Waals surface area contributed by atoms with E-state index >= 15 is 0 Å². The highest BCUT2D eigenvalue weighted by atomic mass is 16.1. The monoisotopic (exact) mass is 183 g/mol. The number of carbonyl (C=O) groups is 1. The molecule has 76 valence electrons. The van der Waals surface area contributed by atoms with Crippen molar-refractivity contribution in [3.63, 3.8) is 0 Å². The summed E-state index contributed by atoms with van der Waals surface area (Å²) in [5.41, 5.74) is 0. The summed E-state index contributed by atoms with van der Waals surface area (Å²) in [6.45, 7) is 4.14. The molecule has 2 nitrogen and oxygen atoms in total. The maximum absolute atomic E-state index is 11.2. The van der Waals surface area contributed by atoms with Gasteiger partial charge in [0.2, 0.25) is 5.91 Å². The number of nitrogens with one attached hydrogen (secondary N) is 1. The van der Waals surface area contributed by atoms with Crippen LogP contribution in [0.3, 0.4) is 0 Å². The summed E-state index contributed by atoms with van der Waals surface area (Å²) in [7, 11) is 0. The Hall–Kier alpha value is -0.530. The van der Waals surface area contributed by atoms with Crippen molar-refractivity contribution in [2.45, 2.75) is 58.4 Å². The van der Waals surface area contributed by atoms with Gasteiger partial charge in [0.15, 0.2) is 0 Å². The van der Waals surface area contributed by atoms with Crippen LogP contribution in [0.15, 0.2) is 0 Å². The molecule has 1 N–H and O–H groups in total. The molecular formula is C11H21NO. The Morgan fingerprint density at radius 2 is 2.00 bits per heavy atom. The number of carbonyl (C=O) groups excluding carboxylic acids is 1. The molecule has 1 fully saturated rings. The largest absolute Gasteiger partial charge is 0.353 e. The first-order chi connectivity index (χ1) is 6.27. The number of hydrogen-bond donors (Lipinski definition) is 1. The zero-order valence-corrected chi connectivity index (χ0v) is 8.81. The number of hydrogen-bond acceptors (Lipinski definition) is 1. The van der Waals surface area contributed by atoms with Crippen molar-refractivity contribution in [2.75, 3.05) is 0 Å². The quantitative estimate of drug-likeness (QED) is 0.715. The minimum atomic E-state index is 0.213. The van der Waals surface area contributed by atoms with Crippen LogP contribution in [0, 0.1) is 5.92 Å². The van der Waals surface area contributed by atoms with Crippen LogP contribution >= 0.6 is 0 Å². The molecule has 1 aliphatic carbocycles. The fourth-order valence-corrected chi connectivity index (χ4v) is 2.20. The molecule has 2 unspecified atom stereocenters. The maximum atomic E-state index is 11.2. The van der Waals surface area contributed by atoms with Crippen molar-refractivity contribution in [1.82, 2.24) is 5.32 Å². The van der Waals surface area contributed by atoms with Gasteiger partial charge < -0.3 is 5.32 Å². The normalized spacial score (nSPS) is 28.5. The first kappa shape index (κ1) is 10.6. The van der Waals surface area contributed by atoms with Gasteiger partial charge in [0.1, 0.15) is 0 Å². The molecular weight excluding hydrogens is 162 g/mol. The topological polar surface area (TPSA) is 29.1 Å². The van der Waals surface area contributed by atoms with Crippen LogP contribution in [0.5, 0.6) is 0 Å². The van der Waals surface area contributed by atoms with Crippen LogP contribution < -0.4 is 5.32 Å². The second-order valence-corrected chi connectivity index (χ2v) is 3.98. The maximum Gasteiger partial charge on any atom is 0.219 e. The van der Waals surface area contributed by atoms with Crippen LogP contribution in [0.25, 0.3) is 0 Å². The van der Waals surface area contributed by atoms with Gasteiger partial charge in [-0.15, -0.1) is 0 Å². The van der Waals surface area contributed by atoms with E-state index in [1.54, 1.807) is 0 Å². The SMILES string of the molecule is CCC(=O)NC1CCCCC1CC. The van der Waals surface area contributed by atoms with Gasteiger partial charge in [-0.05, 0) is 18.8 Å². The lowest BCUT2D eigenvalue weighted by molar-refractivity contribution is -0.122. The summed E-state index contributed by atoms with van der Waals surface area (Å²) < 4.78 is 0. The smallest absolute Gasteiger partial charge is 0.219 e. The average Bonchev–Trinajstić information content (AvgIpc) is 2.18. The van der Waals surface area contributed by atoms with Crippen LogP contribution in [0.2, 0.25) is 0 Å².